The van der Waals surface area contributed by atoms with Crippen LogP contribution in [0.25, 0.3) is 0 Å². The van der Waals surface area contributed by atoms with Gasteiger partial charge in [0.15, 0.2) is 5.82 Å². The van der Waals surface area contributed by atoms with Gasteiger partial charge in [0, 0.05) is 12.6 Å². The van der Waals surface area contributed by atoms with Crippen molar-refractivity contribution in [1.82, 2.24) is 9.97 Å². The molecular formula is C12H12ClN5. The van der Waals surface area contributed by atoms with E-state index in [0.29, 0.717) is 16.4 Å². The van der Waals surface area contributed by atoms with E-state index in [1.54, 1.807) is 11.0 Å². The Labute approximate surface area is 110 Å². The van der Waals surface area contributed by atoms with Gasteiger partial charge in [-0.25, -0.2) is 9.97 Å². The molecule has 1 heterocycles. The lowest BCUT2D eigenvalue weighted by atomic mass is 10.1. The summed E-state index contributed by atoms with van der Waals surface area (Å²) in [6.07, 6.45) is 2.95. The molecule has 0 fully saturated rings. The molecule has 0 unspecified atom stereocenters. The van der Waals surface area contributed by atoms with Gasteiger partial charge < -0.3 is 10.6 Å². The van der Waals surface area contributed by atoms with Crippen molar-refractivity contribution in [3.8, 4) is 0 Å². The Kier molecular flexibility index (Phi) is 3.43. The summed E-state index contributed by atoms with van der Waals surface area (Å²) < 4.78 is 0. The predicted octanol–water partition coefficient (Wildman–Crippen LogP) is 2.18. The van der Waals surface area contributed by atoms with Crippen LogP contribution < -0.4 is 10.6 Å². The number of hydrogen-bond acceptors (Lipinski definition) is 4. The third-order valence-corrected chi connectivity index (χ3v) is 2.79. The molecule has 0 aliphatic rings. The first-order chi connectivity index (χ1) is 8.61. The number of benzene rings is 1. The first-order valence-corrected chi connectivity index (χ1v) is 5.61. The number of nitrogens with two attached hydrogens (primary N) is 1. The Bertz CT molecular complexity index is 584. The van der Waals surface area contributed by atoms with Crippen LogP contribution in [0.2, 0.25) is 5.02 Å². The quantitative estimate of drug-likeness (QED) is 0.656. The zero-order valence-corrected chi connectivity index (χ0v) is 10.5. The molecule has 1 aromatic heterocycles. The lowest BCUT2D eigenvalue weighted by Crippen LogP contribution is -2.19. The summed E-state index contributed by atoms with van der Waals surface area (Å²) in [4.78, 5) is 9.75. The second kappa shape index (κ2) is 5.01. The summed E-state index contributed by atoms with van der Waals surface area (Å²) in [6.45, 7) is 0. The van der Waals surface area contributed by atoms with Crippen LogP contribution in [0.5, 0.6) is 0 Å². The maximum absolute atomic E-state index is 7.57. The van der Waals surface area contributed by atoms with Gasteiger partial charge >= 0.3 is 0 Å². The average molecular weight is 262 g/mol. The third-order valence-electron chi connectivity index (χ3n) is 2.52. The van der Waals surface area contributed by atoms with Crippen LogP contribution in [0.3, 0.4) is 0 Å². The highest BCUT2D eigenvalue weighted by atomic mass is 35.5. The van der Waals surface area contributed by atoms with Crippen molar-refractivity contribution >= 4 is 28.9 Å². The molecule has 0 saturated carbocycles. The highest BCUT2D eigenvalue weighted by molar-refractivity contribution is 6.33. The van der Waals surface area contributed by atoms with Crippen LogP contribution in [-0.2, 0) is 0 Å². The van der Waals surface area contributed by atoms with E-state index in [-0.39, 0.29) is 5.84 Å². The second-order valence-corrected chi connectivity index (χ2v) is 4.09. The monoisotopic (exact) mass is 261 g/mol. The SMILES string of the molecule is CN(c1ccccc1C(=N)N)c1ncncc1Cl. The minimum Gasteiger partial charge on any atom is -0.384 e. The summed E-state index contributed by atoms with van der Waals surface area (Å²) in [6, 6.07) is 7.33. The van der Waals surface area contributed by atoms with Crippen LogP contribution in [0.1, 0.15) is 5.56 Å². The number of anilines is 2. The maximum atomic E-state index is 7.57. The zero-order chi connectivity index (χ0) is 13.1. The fourth-order valence-corrected chi connectivity index (χ4v) is 1.89. The molecule has 18 heavy (non-hydrogen) atoms. The number of para-hydroxylation sites is 1. The molecule has 0 spiro atoms. The van der Waals surface area contributed by atoms with Crippen molar-refractivity contribution in [2.45, 2.75) is 0 Å². The molecule has 0 aliphatic carbocycles. The lowest BCUT2D eigenvalue weighted by molar-refractivity contribution is 1.08. The number of amidine groups is 1. The minimum atomic E-state index is 0.00243. The molecule has 92 valence electrons. The summed E-state index contributed by atoms with van der Waals surface area (Å²) in [5, 5.41) is 8.01. The number of nitrogen functional groups attached to an aromatic ring is 1. The highest BCUT2D eigenvalue weighted by Crippen LogP contribution is 2.29. The Hall–Kier alpha value is -2.14. The van der Waals surface area contributed by atoms with E-state index < -0.39 is 0 Å². The van der Waals surface area contributed by atoms with Crippen LogP contribution in [-0.4, -0.2) is 22.9 Å². The van der Waals surface area contributed by atoms with E-state index >= 15 is 0 Å². The number of hydrogen-bond donors (Lipinski definition) is 2. The van der Waals surface area contributed by atoms with Gasteiger partial charge in [-0.3, -0.25) is 5.41 Å². The first-order valence-electron chi connectivity index (χ1n) is 5.24. The molecule has 0 atom stereocenters. The maximum Gasteiger partial charge on any atom is 0.155 e. The molecule has 5 nitrogen and oxygen atoms in total. The second-order valence-electron chi connectivity index (χ2n) is 3.68. The van der Waals surface area contributed by atoms with Crippen molar-refractivity contribution in [1.29, 1.82) is 5.41 Å². The Morgan fingerprint density at radius 1 is 1.39 bits per heavy atom. The summed E-state index contributed by atoms with van der Waals surface area (Å²) in [5.41, 5.74) is 6.96. The molecule has 3 N–H and O–H groups in total. The minimum absolute atomic E-state index is 0.00243. The summed E-state index contributed by atoms with van der Waals surface area (Å²) in [5.74, 6) is 0.572. The number of nitrogens with zero attached hydrogens (tertiary/aromatic N) is 3. The fraction of sp³-hybridized carbons (Fsp3) is 0.0833. The number of halogens is 1. The van der Waals surface area contributed by atoms with E-state index in [1.807, 2.05) is 25.2 Å². The average Bonchev–Trinajstić information content (AvgIpc) is 2.38. The number of aromatic nitrogens is 2. The molecule has 0 bridgehead atoms. The van der Waals surface area contributed by atoms with Crippen molar-refractivity contribution < 1.29 is 0 Å². The number of nitrogens with one attached hydrogen (secondary N) is 1. The van der Waals surface area contributed by atoms with E-state index in [9.17, 15) is 0 Å². The van der Waals surface area contributed by atoms with Crippen molar-refractivity contribution in [3.63, 3.8) is 0 Å². The van der Waals surface area contributed by atoms with Gasteiger partial charge in [-0.1, -0.05) is 23.7 Å². The van der Waals surface area contributed by atoms with E-state index in [0.717, 1.165) is 5.69 Å². The van der Waals surface area contributed by atoms with E-state index in [1.165, 1.54) is 12.5 Å². The first kappa shape index (κ1) is 12.3. The Morgan fingerprint density at radius 2 is 2.11 bits per heavy atom. The van der Waals surface area contributed by atoms with E-state index in [2.05, 4.69) is 9.97 Å². The lowest BCUT2D eigenvalue weighted by Gasteiger charge is -2.21. The van der Waals surface area contributed by atoms with Crippen LogP contribution >= 0.6 is 11.6 Å². The smallest absolute Gasteiger partial charge is 0.155 e. The third kappa shape index (κ3) is 2.26. The molecule has 0 saturated heterocycles. The Morgan fingerprint density at radius 3 is 2.78 bits per heavy atom. The molecule has 6 heteroatoms. The molecule has 0 radical (unpaired) electrons. The largest absolute Gasteiger partial charge is 0.384 e. The Balaban J connectivity index is 2.50. The molecule has 2 rings (SSSR count). The van der Waals surface area contributed by atoms with Crippen molar-refractivity contribution in [3.05, 3.63) is 47.4 Å². The molecule has 0 aliphatic heterocycles. The van der Waals surface area contributed by atoms with E-state index in [4.69, 9.17) is 22.7 Å². The predicted molar refractivity (Wildman–Crippen MR) is 72.6 cm³/mol. The van der Waals surface area contributed by atoms with Gasteiger partial charge in [0.05, 0.1) is 11.9 Å². The summed E-state index contributed by atoms with van der Waals surface area (Å²) in [7, 11) is 1.82. The van der Waals surface area contributed by atoms with Gasteiger partial charge in [-0.15, -0.1) is 0 Å². The zero-order valence-electron chi connectivity index (χ0n) is 9.76. The molecular weight excluding hydrogens is 250 g/mol. The van der Waals surface area contributed by atoms with Gasteiger partial charge in [-0.2, -0.15) is 0 Å². The van der Waals surface area contributed by atoms with Crippen LogP contribution in [0.4, 0.5) is 11.5 Å². The van der Waals surface area contributed by atoms with Gasteiger partial charge in [0.25, 0.3) is 0 Å². The van der Waals surface area contributed by atoms with Crippen molar-refractivity contribution in [2.24, 2.45) is 5.73 Å². The normalized spacial score (nSPS) is 10.1. The molecule has 0 amide bonds. The highest BCUT2D eigenvalue weighted by Gasteiger charge is 2.14. The van der Waals surface area contributed by atoms with Gasteiger partial charge in [0.2, 0.25) is 0 Å². The van der Waals surface area contributed by atoms with Gasteiger partial charge in [-0.05, 0) is 12.1 Å². The topological polar surface area (TPSA) is 78.9 Å². The standard InChI is InChI=1S/C12H12ClN5/c1-18(12-9(13)6-16-7-17-12)10-5-3-2-4-8(10)11(14)15/h2-7H,1H3,(H3,14,15). The number of rotatable bonds is 3. The van der Waals surface area contributed by atoms with Crippen molar-refractivity contribution in [2.75, 3.05) is 11.9 Å². The van der Waals surface area contributed by atoms with Gasteiger partial charge in [0.1, 0.15) is 17.2 Å². The van der Waals surface area contributed by atoms with Crippen LogP contribution in [0.15, 0.2) is 36.8 Å². The molecule has 2 aromatic rings. The summed E-state index contributed by atoms with van der Waals surface area (Å²) >= 11 is 6.05. The van der Waals surface area contributed by atoms with Crippen LogP contribution in [0, 0.1) is 5.41 Å². The fourth-order valence-electron chi connectivity index (χ4n) is 1.66. The molecule has 1 aromatic carbocycles.